The predicted octanol–water partition coefficient (Wildman–Crippen LogP) is 4.76. The third kappa shape index (κ3) is 8.16. The molecule has 1 heterocycles. The molecule has 0 atom stereocenters. The van der Waals surface area contributed by atoms with E-state index in [0.717, 1.165) is 18.4 Å². The van der Waals surface area contributed by atoms with Gasteiger partial charge in [0, 0.05) is 18.4 Å². The van der Waals surface area contributed by atoms with Crippen molar-refractivity contribution in [3.63, 3.8) is 0 Å². The standard InChI is InChI=1S/C15H22N2O.2C2H6/c1-15(2)7-3-13(4-8-15)17-14(18)11-12-5-9-16-10-6-12;2*1-2/h5-6,9-10,13H,3-4,7-8,11H2,1-2H3,(H,17,18);2*1-2H3. The second-order valence-electron chi connectivity index (χ2n) is 6.04. The molecule has 1 N–H and O–H groups in total. The number of carbonyl (C=O) groups excluding carboxylic acids is 1. The lowest BCUT2D eigenvalue weighted by Gasteiger charge is -2.34. The second-order valence-corrected chi connectivity index (χ2v) is 6.04. The summed E-state index contributed by atoms with van der Waals surface area (Å²) in [6, 6.07) is 4.15. The molecule has 3 nitrogen and oxygen atoms in total. The summed E-state index contributed by atoms with van der Waals surface area (Å²) in [4.78, 5) is 15.9. The fourth-order valence-corrected chi connectivity index (χ4v) is 2.51. The molecule has 1 aromatic heterocycles. The molecule has 0 aromatic carbocycles. The molecule has 0 bridgehead atoms. The van der Waals surface area contributed by atoms with E-state index in [2.05, 4.69) is 24.1 Å². The molecule has 0 aliphatic heterocycles. The fraction of sp³-hybridized carbons (Fsp3) is 0.684. The molecule has 0 saturated heterocycles. The van der Waals surface area contributed by atoms with Crippen LogP contribution in [0.25, 0.3) is 0 Å². The van der Waals surface area contributed by atoms with E-state index in [0.29, 0.717) is 17.9 Å². The molecule has 1 amide bonds. The molecule has 126 valence electrons. The normalized spacial score (nSPS) is 16.5. The Hall–Kier alpha value is -1.38. The molecular formula is C19H34N2O. The van der Waals surface area contributed by atoms with Crippen molar-refractivity contribution in [3.05, 3.63) is 30.1 Å². The van der Waals surface area contributed by atoms with Crippen LogP contribution in [0.3, 0.4) is 0 Å². The number of pyridine rings is 1. The minimum atomic E-state index is 0.130. The van der Waals surface area contributed by atoms with Gasteiger partial charge in [-0.3, -0.25) is 9.78 Å². The predicted molar refractivity (Wildman–Crippen MR) is 94.8 cm³/mol. The van der Waals surface area contributed by atoms with Crippen LogP contribution in [0, 0.1) is 5.41 Å². The number of aromatic nitrogens is 1. The highest BCUT2D eigenvalue weighted by Gasteiger charge is 2.27. The first-order valence-corrected chi connectivity index (χ1v) is 8.73. The van der Waals surface area contributed by atoms with Gasteiger partial charge in [0.05, 0.1) is 6.42 Å². The van der Waals surface area contributed by atoms with Crippen LogP contribution < -0.4 is 5.32 Å². The first-order valence-electron chi connectivity index (χ1n) is 8.73. The zero-order valence-electron chi connectivity index (χ0n) is 15.3. The highest BCUT2D eigenvalue weighted by atomic mass is 16.1. The summed E-state index contributed by atoms with van der Waals surface area (Å²) in [7, 11) is 0. The van der Waals surface area contributed by atoms with Crippen LogP contribution in [-0.2, 0) is 11.2 Å². The Morgan fingerprint density at radius 3 is 2.14 bits per heavy atom. The van der Waals surface area contributed by atoms with E-state index in [1.54, 1.807) is 12.4 Å². The van der Waals surface area contributed by atoms with E-state index < -0.39 is 0 Å². The third-order valence-corrected chi connectivity index (χ3v) is 3.82. The first-order chi connectivity index (χ1) is 10.6. The monoisotopic (exact) mass is 306 g/mol. The van der Waals surface area contributed by atoms with Crippen LogP contribution >= 0.6 is 0 Å². The van der Waals surface area contributed by atoms with Crippen LogP contribution in [0.2, 0.25) is 0 Å². The zero-order chi connectivity index (χ0) is 17.0. The van der Waals surface area contributed by atoms with Gasteiger partial charge in [0.15, 0.2) is 0 Å². The van der Waals surface area contributed by atoms with Gasteiger partial charge in [-0.1, -0.05) is 41.5 Å². The summed E-state index contributed by atoms with van der Waals surface area (Å²) < 4.78 is 0. The van der Waals surface area contributed by atoms with Crippen molar-refractivity contribution < 1.29 is 4.79 Å². The Bertz CT molecular complexity index is 391. The quantitative estimate of drug-likeness (QED) is 0.874. The van der Waals surface area contributed by atoms with Gasteiger partial charge >= 0.3 is 0 Å². The van der Waals surface area contributed by atoms with Crippen LogP contribution in [-0.4, -0.2) is 16.9 Å². The smallest absolute Gasteiger partial charge is 0.224 e. The van der Waals surface area contributed by atoms with Gasteiger partial charge in [-0.15, -0.1) is 0 Å². The van der Waals surface area contributed by atoms with E-state index in [4.69, 9.17) is 0 Å². The van der Waals surface area contributed by atoms with Crippen molar-refractivity contribution in [2.75, 3.05) is 0 Å². The summed E-state index contributed by atoms with van der Waals surface area (Å²) in [5.74, 6) is 0.130. The van der Waals surface area contributed by atoms with Crippen molar-refractivity contribution in [1.29, 1.82) is 0 Å². The number of nitrogens with one attached hydrogen (secondary N) is 1. The van der Waals surface area contributed by atoms with Gasteiger partial charge in [-0.2, -0.15) is 0 Å². The minimum absolute atomic E-state index is 0.130. The van der Waals surface area contributed by atoms with Gasteiger partial charge in [0.2, 0.25) is 5.91 Å². The van der Waals surface area contributed by atoms with Gasteiger partial charge in [-0.05, 0) is 48.8 Å². The lowest BCUT2D eigenvalue weighted by Crippen LogP contribution is -2.39. The topological polar surface area (TPSA) is 42.0 Å². The van der Waals surface area contributed by atoms with Gasteiger partial charge < -0.3 is 5.32 Å². The number of amides is 1. The van der Waals surface area contributed by atoms with Crippen molar-refractivity contribution >= 4 is 5.91 Å². The van der Waals surface area contributed by atoms with Crippen molar-refractivity contribution in [3.8, 4) is 0 Å². The number of hydrogen-bond acceptors (Lipinski definition) is 2. The summed E-state index contributed by atoms with van der Waals surface area (Å²) in [6.45, 7) is 12.6. The SMILES string of the molecule is CC.CC.CC1(C)CCC(NC(=O)Cc2ccncc2)CC1. The number of nitrogens with zero attached hydrogens (tertiary/aromatic N) is 1. The van der Waals surface area contributed by atoms with Crippen LogP contribution in [0.4, 0.5) is 0 Å². The van der Waals surface area contributed by atoms with Crippen LogP contribution in [0.5, 0.6) is 0 Å². The maximum atomic E-state index is 11.9. The van der Waals surface area contributed by atoms with Crippen molar-refractivity contribution in [1.82, 2.24) is 10.3 Å². The Balaban J connectivity index is 0.00000102. The average Bonchev–Trinajstić information content (AvgIpc) is 2.54. The van der Waals surface area contributed by atoms with E-state index in [9.17, 15) is 4.79 Å². The molecule has 1 aliphatic rings. The molecule has 1 fully saturated rings. The summed E-state index contributed by atoms with van der Waals surface area (Å²) in [5.41, 5.74) is 1.48. The lowest BCUT2D eigenvalue weighted by atomic mass is 9.75. The largest absolute Gasteiger partial charge is 0.353 e. The highest BCUT2D eigenvalue weighted by molar-refractivity contribution is 5.78. The van der Waals surface area contributed by atoms with Gasteiger partial charge in [0.25, 0.3) is 0 Å². The Morgan fingerprint density at radius 2 is 1.64 bits per heavy atom. The van der Waals surface area contributed by atoms with E-state index in [1.165, 1.54) is 12.8 Å². The number of carbonyl (C=O) groups is 1. The molecule has 0 unspecified atom stereocenters. The number of hydrogen-bond donors (Lipinski definition) is 1. The Morgan fingerprint density at radius 1 is 1.14 bits per heavy atom. The molecule has 3 heteroatoms. The Labute approximate surface area is 136 Å². The zero-order valence-corrected chi connectivity index (χ0v) is 15.3. The maximum absolute atomic E-state index is 11.9. The van der Waals surface area contributed by atoms with Crippen molar-refractivity contribution in [2.45, 2.75) is 79.7 Å². The fourth-order valence-electron chi connectivity index (χ4n) is 2.51. The number of rotatable bonds is 3. The molecule has 2 rings (SSSR count). The summed E-state index contributed by atoms with van der Waals surface area (Å²) >= 11 is 0. The highest BCUT2D eigenvalue weighted by Crippen LogP contribution is 2.34. The molecule has 0 spiro atoms. The third-order valence-electron chi connectivity index (χ3n) is 3.82. The van der Waals surface area contributed by atoms with Crippen molar-refractivity contribution in [2.24, 2.45) is 5.41 Å². The van der Waals surface area contributed by atoms with Crippen LogP contribution in [0.15, 0.2) is 24.5 Å². The van der Waals surface area contributed by atoms with E-state index in [-0.39, 0.29) is 5.91 Å². The minimum Gasteiger partial charge on any atom is -0.353 e. The second kappa shape index (κ2) is 11.2. The first kappa shape index (κ1) is 20.6. The molecule has 1 aromatic rings. The molecular weight excluding hydrogens is 272 g/mol. The molecule has 22 heavy (non-hydrogen) atoms. The lowest BCUT2D eigenvalue weighted by molar-refractivity contribution is -0.121. The molecule has 1 saturated carbocycles. The average molecular weight is 306 g/mol. The summed E-state index contributed by atoms with van der Waals surface area (Å²) in [5, 5.41) is 3.15. The molecule has 0 radical (unpaired) electrons. The maximum Gasteiger partial charge on any atom is 0.224 e. The van der Waals surface area contributed by atoms with E-state index >= 15 is 0 Å². The molecule has 1 aliphatic carbocycles. The Kier molecular flexibility index (Phi) is 10.5. The van der Waals surface area contributed by atoms with Gasteiger partial charge in [0.1, 0.15) is 0 Å². The van der Waals surface area contributed by atoms with E-state index in [1.807, 2.05) is 39.8 Å². The van der Waals surface area contributed by atoms with Crippen LogP contribution in [0.1, 0.15) is 72.8 Å². The summed E-state index contributed by atoms with van der Waals surface area (Å²) in [6.07, 6.45) is 8.53. The van der Waals surface area contributed by atoms with Gasteiger partial charge in [-0.25, -0.2) is 0 Å².